The Labute approximate surface area is 120 Å². The van der Waals surface area contributed by atoms with E-state index in [0.29, 0.717) is 0 Å². The maximum atomic E-state index is 3.47. The van der Waals surface area contributed by atoms with E-state index < -0.39 is 0 Å². The lowest BCUT2D eigenvalue weighted by molar-refractivity contribution is 0.757. The molecule has 0 aliphatic rings. The van der Waals surface area contributed by atoms with E-state index in [0.717, 1.165) is 13.1 Å². The van der Waals surface area contributed by atoms with Crippen molar-refractivity contribution in [2.24, 2.45) is 0 Å². The van der Waals surface area contributed by atoms with Gasteiger partial charge in [-0.1, -0.05) is 29.8 Å². The number of fused-ring (bicyclic) bond motifs is 1. The Hall–Kier alpha value is -2.22. The minimum atomic E-state index is 0.931. The summed E-state index contributed by atoms with van der Waals surface area (Å²) in [6.07, 6.45) is 2.17. The zero-order valence-electron chi connectivity index (χ0n) is 12.1. The largest absolute Gasteiger partial charge is 0.383 e. The number of aromatic nitrogens is 1. The summed E-state index contributed by atoms with van der Waals surface area (Å²) in [4.78, 5) is 0. The molecule has 0 aliphatic carbocycles. The van der Waals surface area contributed by atoms with Crippen LogP contribution in [0.1, 0.15) is 11.1 Å². The molecule has 0 radical (unpaired) electrons. The third kappa shape index (κ3) is 2.69. The molecular weight excluding hydrogens is 244 g/mol. The van der Waals surface area contributed by atoms with E-state index in [4.69, 9.17) is 0 Å². The van der Waals surface area contributed by atoms with Crippen LogP contribution in [0.3, 0.4) is 0 Å². The van der Waals surface area contributed by atoms with E-state index in [-0.39, 0.29) is 0 Å². The van der Waals surface area contributed by atoms with Crippen LogP contribution in [-0.4, -0.2) is 11.1 Å². The van der Waals surface area contributed by atoms with Gasteiger partial charge in [0.05, 0.1) is 0 Å². The Morgan fingerprint density at radius 3 is 2.45 bits per heavy atom. The van der Waals surface area contributed by atoms with Crippen LogP contribution < -0.4 is 5.32 Å². The smallest absolute Gasteiger partial charge is 0.0483 e. The first-order valence-corrected chi connectivity index (χ1v) is 7.08. The van der Waals surface area contributed by atoms with Crippen molar-refractivity contribution in [1.29, 1.82) is 0 Å². The zero-order valence-corrected chi connectivity index (χ0v) is 12.1. The van der Waals surface area contributed by atoms with E-state index in [9.17, 15) is 0 Å². The van der Waals surface area contributed by atoms with Crippen LogP contribution in [0.25, 0.3) is 10.9 Å². The van der Waals surface area contributed by atoms with Gasteiger partial charge < -0.3 is 9.88 Å². The molecule has 1 N–H and O–H groups in total. The molecule has 3 aromatic rings. The lowest BCUT2D eigenvalue weighted by atomic mass is 10.2. The van der Waals surface area contributed by atoms with Gasteiger partial charge in [-0.05, 0) is 49.1 Å². The third-order valence-corrected chi connectivity index (χ3v) is 3.66. The van der Waals surface area contributed by atoms with Crippen LogP contribution in [-0.2, 0) is 6.54 Å². The lowest BCUT2D eigenvalue weighted by Gasteiger charge is -2.09. The first kappa shape index (κ1) is 12.8. The summed E-state index contributed by atoms with van der Waals surface area (Å²) in [5.41, 5.74) is 5.10. The molecule has 0 bridgehead atoms. The molecule has 0 spiro atoms. The second-order valence-electron chi connectivity index (χ2n) is 5.36. The van der Waals surface area contributed by atoms with E-state index >= 15 is 0 Å². The second kappa shape index (κ2) is 5.41. The minimum absolute atomic E-state index is 0.931. The van der Waals surface area contributed by atoms with E-state index in [1.54, 1.807) is 0 Å². The van der Waals surface area contributed by atoms with Crippen molar-refractivity contribution in [2.45, 2.75) is 20.4 Å². The van der Waals surface area contributed by atoms with Crippen molar-refractivity contribution in [3.05, 3.63) is 65.9 Å². The molecule has 2 aromatic carbocycles. The highest BCUT2D eigenvalue weighted by Crippen LogP contribution is 2.17. The van der Waals surface area contributed by atoms with Crippen LogP contribution in [0.4, 0.5) is 5.69 Å². The number of benzene rings is 2. The summed E-state index contributed by atoms with van der Waals surface area (Å²) in [6, 6.07) is 17.3. The van der Waals surface area contributed by atoms with Crippen LogP contribution in [0.5, 0.6) is 0 Å². The Morgan fingerprint density at radius 2 is 1.65 bits per heavy atom. The van der Waals surface area contributed by atoms with Crippen molar-refractivity contribution in [1.82, 2.24) is 4.57 Å². The SMILES string of the molecule is Cc1ccc(NCCn2ccc3ccc(C)cc32)cc1. The predicted molar refractivity (Wildman–Crippen MR) is 86.3 cm³/mol. The van der Waals surface area contributed by atoms with Gasteiger partial charge in [-0.15, -0.1) is 0 Å². The second-order valence-corrected chi connectivity index (χ2v) is 5.36. The molecule has 0 saturated heterocycles. The molecule has 0 fully saturated rings. The molecule has 1 aromatic heterocycles. The predicted octanol–water partition coefficient (Wildman–Crippen LogP) is 4.37. The zero-order chi connectivity index (χ0) is 13.9. The van der Waals surface area contributed by atoms with Gasteiger partial charge in [-0.3, -0.25) is 0 Å². The normalized spacial score (nSPS) is 10.9. The fourth-order valence-corrected chi connectivity index (χ4v) is 2.48. The van der Waals surface area contributed by atoms with Crippen LogP contribution in [0.15, 0.2) is 54.7 Å². The fraction of sp³-hybridized carbons (Fsp3) is 0.222. The van der Waals surface area contributed by atoms with Crippen LogP contribution in [0.2, 0.25) is 0 Å². The molecule has 3 rings (SSSR count). The maximum absolute atomic E-state index is 3.47. The molecule has 0 atom stereocenters. The van der Waals surface area contributed by atoms with Crippen molar-refractivity contribution in [3.63, 3.8) is 0 Å². The first-order chi connectivity index (χ1) is 9.72. The van der Waals surface area contributed by atoms with Crippen molar-refractivity contribution in [3.8, 4) is 0 Å². The summed E-state index contributed by atoms with van der Waals surface area (Å²) in [5.74, 6) is 0. The molecule has 1 heterocycles. The van der Waals surface area contributed by atoms with Crippen molar-refractivity contribution in [2.75, 3.05) is 11.9 Å². The fourth-order valence-electron chi connectivity index (χ4n) is 2.48. The molecule has 20 heavy (non-hydrogen) atoms. The number of nitrogens with one attached hydrogen (secondary N) is 1. The van der Waals surface area contributed by atoms with Gasteiger partial charge in [0.1, 0.15) is 0 Å². The topological polar surface area (TPSA) is 17.0 Å². The van der Waals surface area contributed by atoms with Crippen LogP contribution >= 0.6 is 0 Å². The highest BCUT2D eigenvalue weighted by Gasteiger charge is 2.00. The number of aryl methyl sites for hydroxylation is 2. The average molecular weight is 264 g/mol. The first-order valence-electron chi connectivity index (χ1n) is 7.08. The van der Waals surface area contributed by atoms with E-state index in [2.05, 4.69) is 78.5 Å². The molecule has 2 heteroatoms. The highest BCUT2D eigenvalue weighted by atomic mass is 15.0. The van der Waals surface area contributed by atoms with Gasteiger partial charge in [0.2, 0.25) is 0 Å². The molecule has 0 saturated carbocycles. The summed E-state index contributed by atoms with van der Waals surface area (Å²) in [5, 5.41) is 4.78. The summed E-state index contributed by atoms with van der Waals surface area (Å²) in [6.45, 7) is 6.15. The Bertz CT molecular complexity index is 708. The van der Waals surface area contributed by atoms with Gasteiger partial charge in [0, 0.05) is 30.5 Å². The van der Waals surface area contributed by atoms with Crippen LogP contribution in [0, 0.1) is 13.8 Å². The quantitative estimate of drug-likeness (QED) is 0.740. The number of anilines is 1. The van der Waals surface area contributed by atoms with Crippen molar-refractivity contribution >= 4 is 16.6 Å². The van der Waals surface area contributed by atoms with Gasteiger partial charge in [0.15, 0.2) is 0 Å². The van der Waals surface area contributed by atoms with Gasteiger partial charge in [-0.2, -0.15) is 0 Å². The van der Waals surface area contributed by atoms with E-state index in [1.165, 1.54) is 27.7 Å². The molecule has 2 nitrogen and oxygen atoms in total. The summed E-state index contributed by atoms with van der Waals surface area (Å²) < 4.78 is 2.31. The number of hydrogen-bond donors (Lipinski definition) is 1. The molecule has 0 unspecified atom stereocenters. The maximum Gasteiger partial charge on any atom is 0.0483 e. The Kier molecular flexibility index (Phi) is 3.46. The molecule has 0 amide bonds. The highest BCUT2D eigenvalue weighted by molar-refractivity contribution is 5.80. The number of rotatable bonds is 4. The lowest BCUT2D eigenvalue weighted by Crippen LogP contribution is -2.09. The standard InChI is InChI=1S/C18H20N2/c1-14-4-7-17(8-5-14)19-10-12-20-11-9-16-6-3-15(2)13-18(16)20/h3-9,11,13,19H,10,12H2,1-2H3. The average Bonchev–Trinajstić information content (AvgIpc) is 2.84. The monoisotopic (exact) mass is 264 g/mol. The minimum Gasteiger partial charge on any atom is -0.383 e. The Morgan fingerprint density at radius 1 is 0.900 bits per heavy atom. The molecule has 0 aliphatic heterocycles. The van der Waals surface area contributed by atoms with E-state index in [1.807, 2.05) is 0 Å². The number of nitrogens with zero attached hydrogens (tertiary/aromatic N) is 1. The summed E-state index contributed by atoms with van der Waals surface area (Å²) >= 11 is 0. The third-order valence-electron chi connectivity index (χ3n) is 3.66. The van der Waals surface area contributed by atoms with Gasteiger partial charge in [-0.25, -0.2) is 0 Å². The summed E-state index contributed by atoms with van der Waals surface area (Å²) in [7, 11) is 0. The molecule has 102 valence electrons. The molecular formula is C18H20N2. The van der Waals surface area contributed by atoms with Crippen molar-refractivity contribution < 1.29 is 0 Å². The number of hydrogen-bond acceptors (Lipinski definition) is 1. The Balaban J connectivity index is 1.68. The van der Waals surface area contributed by atoms with Gasteiger partial charge in [0.25, 0.3) is 0 Å². The van der Waals surface area contributed by atoms with Gasteiger partial charge >= 0.3 is 0 Å².